The van der Waals surface area contributed by atoms with E-state index >= 15 is 0 Å². The minimum Gasteiger partial charge on any atom is -0.495 e. The molecule has 0 fully saturated rings. The Hall–Kier alpha value is -1.17. The van der Waals surface area contributed by atoms with Gasteiger partial charge in [-0.25, -0.2) is 0 Å². The largest absolute Gasteiger partial charge is 0.495 e. The number of rotatable bonds is 3. The summed E-state index contributed by atoms with van der Waals surface area (Å²) in [5.74, 6) is 2.79. The number of carbonyl (C=O) groups excluding carboxylic acids is 1. The second-order valence-corrected chi connectivity index (χ2v) is 11.6. The summed E-state index contributed by atoms with van der Waals surface area (Å²) >= 11 is 0. The van der Waals surface area contributed by atoms with Gasteiger partial charge in [-0.05, 0) is 11.1 Å². The number of methoxy groups -OCH3 is 1. The standard InChI is InChI=1S/C13H25BN2O2Si/c1-11(17)15-14-9-8-12(18-5)10-16(14)19(6,7)13(2,3)4/h8-10H,1-7H3,(H,15,17). The van der Waals surface area contributed by atoms with Crippen molar-refractivity contribution in [1.29, 1.82) is 0 Å². The Morgan fingerprint density at radius 2 is 2.00 bits per heavy atom. The third kappa shape index (κ3) is 3.44. The molecular weight excluding hydrogens is 255 g/mol. The summed E-state index contributed by atoms with van der Waals surface area (Å²) in [6, 6.07) is 0. The van der Waals surface area contributed by atoms with E-state index in [9.17, 15) is 4.79 Å². The predicted molar refractivity (Wildman–Crippen MR) is 82.8 cm³/mol. The van der Waals surface area contributed by atoms with Crippen LogP contribution in [0.1, 0.15) is 27.7 Å². The summed E-state index contributed by atoms with van der Waals surface area (Å²) in [6.07, 6.45) is 3.93. The van der Waals surface area contributed by atoms with Crippen LogP contribution in [-0.2, 0) is 9.53 Å². The molecule has 0 saturated carbocycles. The van der Waals surface area contributed by atoms with E-state index in [0.29, 0.717) is 0 Å². The Kier molecular flexibility index (Phi) is 4.55. The molecule has 1 rings (SSSR count). The maximum Gasteiger partial charge on any atom is 0.394 e. The maximum atomic E-state index is 11.4. The molecule has 1 N–H and O–H groups in total. The van der Waals surface area contributed by atoms with Crippen molar-refractivity contribution in [3.63, 3.8) is 0 Å². The molecule has 1 heterocycles. The number of allylic oxidation sites excluding steroid dienone is 1. The van der Waals surface area contributed by atoms with E-state index in [1.54, 1.807) is 14.0 Å². The normalized spacial score (nSPS) is 16.3. The van der Waals surface area contributed by atoms with Crippen molar-refractivity contribution < 1.29 is 9.53 Å². The zero-order chi connectivity index (χ0) is 14.8. The van der Waals surface area contributed by atoms with Crippen molar-refractivity contribution in [3.8, 4) is 0 Å². The molecule has 4 nitrogen and oxygen atoms in total. The maximum absolute atomic E-state index is 11.4. The Morgan fingerprint density at radius 3 is 2.42 bits per heavy atom. The van der Waals surface area contributed by atoms with E-state index in [1.165, 1.54) is 0 Å². The molecule has 0 aromatic heterocycles. The molecular formula is C13H25BN2O2Si. The average Bonchev–Trinajstić information content (AvgIpc) is 2.27. The predicted octanol–water partition coefficient (Wildman–Crippen LogP) is 2.51. The van der Waals surface area contributed by atoms with Crippen LogP contribution in [0.2, 0.25) is 18.1 Å². The first-order valence-electron chi connectivity index (χ1n) is 6.59. The molecule has 1 aliphatic heterocycles. The topological polar surface area (TPSA) is 41.6 Å². The van der Waals surface area contributed by atoms with Crippen LogP contribution in [0.15, 0.2) is 24.0 Å². The van der Waals surface area contributed by atoms with Gasteiger partial charge in [-0.3, -0.25) is 4.79 Å². The number of nitrogens with one attached hydrogen (secondary N) is 1. The summed E-state index contributed by atoms with van der Waals surface area (Å²) in [5.41, 5.74) is 0. The molecule has 0 aromatic rings. The molecule has 1 aliphatic rings. The third-order valence-corrected chi connectivity index (χ3v) is 9.45. The van der Waals surface area contributed by atoms with Gasteiger partial charge in [-0.1, -0.05) is 39.8 Å². The Bertz CT molecular complexity index is 413. The number of carbonyl (C=O) groups is 1. The average molecular weight is 280 g/mol. The lowest BCUT2D eigenvalue weighted by molar-refractivity contribution is -0.117. The summed E-state index contributed by atoms with van der Waals surface area (Å²) in [4.78, 5) is 11.4. The van der Waals surface area contributed by atoms with Gasteiger partial charge in [0.1, 0.15) is 14.0 Å². The fraction of sp³-hybridized carbons (Fsp3) is 0.615. The quantitative estimate of drug-likeness (QED) is 0.808. The number of nitrogens with zero attached hydrogens (tertiary/aromatic N) is 1. The Labute approximate surface area is 118 Å². The van der Waals surface area contributed by atoms with Gasteiger partial charge >= 0.3 is 6.98 Å². The minimum atomic E-state index is -1.78. The molecule has 0 spiro atoms. The molecule has 0 radical (unpaired) electrons. The molecule has 0 atom stereocenters. The van der Waals surface area contributed by atoms with E-state index in [-0.39, 0.29) is 17.9 Å². The number of hydrogen-bond acceptors (Lipinski definition) is 3. The highest BCUT2D eigenvalue weighted by Gasteiger charge is 2.44. The zero-order valence-electron chi connectivity index (χ0n) is 13.1. The van der Waals surface area contributed by atoms with E-state index in [4.69, 9.17) is 4.74 Å². The van der Waals surface area contributed by atoms with Gasteiger partial charge in [0.05, 0.1) is 7.11 Å². The number of amides is 1. The van der Waals surface area contributed by atoms with Crippen molar-refractivity contribution in [1.82, 2.24) is 9.70 Å². The van der Waals surface area contributed by atoms with Crippen LogP contribution >= 0.6 is 0 Å². The number of ether oxygens (including phenoxy) is 1. The van der Waals surface area contributed by atoms with Crippen LogP contribution in [-0.4, -0.2) is 32.7 Å². The molecule has 0 bridgehead atoms. The van der Waals surface area contributed by atoms with Crippen molar-refractivity contribution in [2.24, 2.45) is 0 Å². The van der Waals surface area contributed by atoms with Gasteiger partial charge in [0.2, 0.25) is 5.91 Å². The Balaban J connectivity index is 3.12. The van der Waals surface area contributed by atoms with Gasteiger partial charge in [0.25, 0.3) is 0 Å². The smallest absolute Gasteiger partial charge is 0.394 e. The van der Waals surface area contributed by atoms with E-state index in [2.05, 4.69) is 43.6 Å². The fourth-order valence-electron chi connectivity index (χ4n) is 1.88. The van der Waals surface area contributed by atoms with Crippen LogP contribution in [0.25, 0.3) is 0 Å². The minimum absolute atomic E-state index is 0.0207. The van der Waals surface area contributed by atoms with Gasteiger partial charge in [0, 0.05) is 13.1 Å². The van der Waals surface area contributed by atoms with Crippen LogP contribution in [0, 0.1) is 0 Å². The first kappa shape index (κ1) is 15.9. The van der Waals surface area contributed by atoms with Crippen molar-refractivity contribution in [3.05, 3.63) is 24.0 Å². The molecule has 6 heteroatoms. The fourth-order valence-corrected chi connectivity index (χ4v) is 3.95. The monoisotopic (exact) mass is 280 g/mol. The summed E-state index contributed by atoms with van der Waals surface area (Å²) in [5, 5.41) is 3.17. The summed E-state index contributed by atoms with van der Waals surface area (Å²) in [7, 11) is -0.116. The van der Waals surface area contributed by atoms with Crippen LogP contribution in [0.5, 0.6) is 0 Å². The lowest BCUT2D eigenvalue weighted by Gasteiger charge is -2.48. The van der Waals surface area contributed by atoms with Crippen molar-refractivity contribution >= 4 is 21.1 Å². The van der Waals surface area contributed by atoms with Gasteiger partial charge in [-0.2, -0.15) is 0 Å². The first-order valence-corrected chi connectivity index (χ1v) is 9.54. The van der Waals surface area contributed by atoms with Crippen LogP contribution < -0.4 is 5.23 Å². The lowest BCUT2D eigenvalue weighted by atomic mass is 9.75. The van der Waals surface area contributed by atoms with Crippen molar-refractivity contribution in [2.75, 3.05) is 7.11 Å². The highest BCUT2D eigenvalue weighted by Crippen LogP contribution is 2.39. The van der Waals surface area contributed by atoms with E-state index < -0.39 is 8.24 Å². The summed E-state index contributed by atoms with van der Waals surface area (Å²) < 4.78 is 7.61. The third-order valence-electron chi connectivity index (χ3n) is 4.08. The second-order valence-electron chi connectivity index (χ2n) is 6.46. The zero-order valence-corrected chi connectivity index (χ0v) is 14.1. The highest BCUT2D eigenvalue weighted by atomic mass is 28.3. The van der Waals surface area contributed by atoms with Crippen LogP contribution in [0.4, 0.5) is 0 Å². The molecule has 19 heavy (non-hydrogen) atoms. The second kappa shape index (κ2) is 5.45. The van der Waals surface area contributed by atoms with Crippen LogP contribution in [0.3, 0.4) is 0 Å². The molecule has 106 valence electrons. The van der Waals surface area contributed by atoms with E-state index in [0.717, 1.165) is 5.76 Å². The van der Waals surface area contributed by atoms with Gasteiger partial charge in [0.15, 0.2) is 0 Å². The highest BCUT2D eigenvalue weighted by molar-refractivity contribution is 6.87. The molecule has 0 aromatic carbocycles. The van der Waals surface area contributed by atoms with Gasteiger partial charge in [-0.15, -0.1) is 0 Å². The SMILES string of the molecule is COC1=CN([Si](C)(C)C(C)(C)C)B(NC(C)=O)C=C1. The van der Waals surface area contributed by atoms with Crippen molar-refractivity contribution in [2.45, 2.75) is 45.8 Å². The molecule has 0 aliphatic carbocycles. The van der Waals surface area contributed by atoms with E-state index in [1.807, 2.05) is 18.3 Å². The Morgan fingerprint density at radius 1 is 1.42 bits per heavy atom. The lowest BCUT2D eigenvalue weighted by Crippen LogP contribution is -2.63. The number of hydrogen-bond donors (Lipinski definition) is 1. The first-order chi connectivity index (χ1) is 8.59. The molecule has 0 unspecified atom stereocenters. The van der Waals surface area contributed by atoms with Gasteiger partial charge < -0.3 is 14.4 Å². The summed E-state index contributed by atoms with van der Waals surface area (Å²) in [6.45, 7) is 12.8. The molecule has 1 amide bonds. The molecule has 0 saturated heterocycles.